The number of rotatable bonds is 6. The maximum Gasteiger partial charge on any atom is 0.337 e. The first kappa shape index (κ1) is 17.5. The number of nitrogens with one attached hydrogen (secondary N) is 1. The van der Waals surface area contributed by atoms with Crippen LogP contribution >= 0.6 is 11.6 Å². The van der Waals surface area contributed by atoms with Crippen molar-refractivity contribution in [3.8, 4) is 0 Å². The zero-order valence-electron chi connectivity index (χ0n) is 12.5. The lowest BCUT2D eigenvalue weighted by atomic mass is 9.96. The van der Waals surface area contributed by atoms with Crippen LogP contribution in [0, 0.1) is 11.8 Å². The van der Waals surface area contributed by atoms with Crippen LogP contribution in [0.1, 0.15) is 30.6 Å². The lowest BCUT2D eigenvalue weighted by Crippen LogP contribution is -2.30. The van der Waals surface area contributed by atoms with Gasteiger partial charge in [-0.1, -0.05) is 25.4 Å². The molecule has 116 valence electrons. The van der Waals surface area contributed by atoms with E-state index in [0.29, 0.717) is 28.6 Å². The largest absolute Gasteiger partial charge is 0.465 e. The van der Waals surface area contributed by atoms with Gasteiger partial charge in [-0.3, -0.25) is 4.79 Å². The number of hydrogen-bond donors (Lipinski definition) is 2. The quantitative estimate of drug-likeness (QED) is 0.791. The molecule has 5 nitrogen and oxygen atoms in total. The van der Waals surface area contributed by atoms with Crippen molar-refractivity contribution < 1.29 is 14.3 Å². The number of halogens is 1. The lowest BCUT2D eigenvalue weighted by molar-refractivity contribution is -0.120. The summed E-state index contributed by atoms with van der Waals surface area (Å²) in [5, 5.41) is 3.08. The molecule has 0 heterocycles. The Hall–Kier alpha value is -1.59. The molecular weight excluding hydrogens is 292 g/mol. The van der Waals surface area contributed by atoms with Crippen molar-refractivity contribution in [2.45, 2.75) is 20.3 Å². The Balaban J connectivity index is 2.90. The number of benzene rings is 1. The molecule has 0 radical (unpaired) electrons. The van der Waals surface area contributed by atoms with E-state index < -0.39 is 5.97 Å². The SMILES string of the molecule is COC(=O)c1ccc(Cl)c(NC(=O)C(CN)CC(C)C)c1. The smallest absolute Gasteiger partial charge is 0.337 e. The topological polar surface area (TPSA) is 81.4 Å². The van der Waals surface area contributed by atoms with Crippen LogP contribution in [-0.2, 0) is 9.53 Å². The van der Waals surface area contributed by atoms with Gasteiger partial charge in [-0.05, 0) is 30.5 Å². The fourth-order valence-corrected chi connectivity index (χ4v) is 2.14. The van der Waals surface area contributed by atoms with Crippen LogP contribution in [-0.4, -0.2) is 25.5 Å². The number of esters is 1. The van der Waals surface area contributed by atoms with E-state index in [1.165, 1.54) is 13.2 Å². The number of hydrogen-bond acceptors (Lipinski definition) is 4. The fourth-order valence-electron chi connectivity index (χ4n) is 1.98. The summed E-state index contributed by atoms with van der Waals surface area (Å²) in [5.41, 5.74) is 6.35. The third kappa shape index (κ3) is 5.02. The van der Waals surface area contributed by atoms with E-state index in [2.05, 4.69) is 10.1 Å². The predicted octanol–water partition coefficient (Wildman–Crippen LogP) is 2.69. The maximum absolute atomic E-state index is 12.2. The van der Waals surface area contributed by atoms with Gasteiger partial charge in [0.05, 0.1) is 29.3 Å². The molecular formula is C15H21ClN2O3. The van der Waals surface area contributed by atoms with Gasteiger partial charge in [0.1, 0.15) is 0 Å². The zero-order valence-corrected chi connectivity index (χ0v) is 13.2. The summed E-state index contributed by atoms with van der Waals surface area (Å²) in [6, 6.07) is 4.58. The average molecular weight is 313 g/mol. The summed E-state index contributed by atoms with van der Waals surface area (Å²) in [7, 11) is 1.29. The van der Waals surface area contributed by atoms with Crippen molar-refractivity contribution in [1.82, 2.24) is 0 Å². The van der Waals surface area contributed by atoms with Crippen LogP contribution in [0.25, 0.3) is 0 Å². The second-order valence-electron chi connectivity index (χ2n) is 5.24. The molecule has 0 saturated carbocycles. The summed E-state index contributed by atoms with van der Waals surface area (Å²) in [4.78, 5) is 23.7. The Bertz CT molecular complexity index is 518. The Kier molecular flexibility index (Phi) is 6.65. The Morgan fingerprint density at radius 2 is 2.05 bits per heavy atom. The number of anilines is 1. The number of ether oxygens (including phenoxy) is 1. The Labute approximate surface area is 129 Å². The van der Waals surface area contributed by atoms with Crippen LogP contribution in [0.2, 0.25) is 5.02 Å². The minimum Gasteiger partial charge on any atom is -0.465 e. The number of carbonyl (C=O) groups excluding carboxylic acids is 2. The highest BCUT2D eigenvalue weighted by Gasteiger charge is 2.19. The van der Waals surface area contributed by atoms with Gasteiger partial charge in [0.15, 0.2) is 0 Å². The first-order valence-electron chi connectivity index (χ1n) is 6.77. The maximum atomic E-state index is 12.2. The van der Waals surface area contributed by atoms with E-state index in [1.807, 2.05) is 13.8 Å². The van der Waals surface area contributed by atoms with E-state index in [0.717, 1.165) is 0 Å². The molecule has 1 aromatic carbocycles. The summed E-state index contributed by atoms with van der Waals surface area (Å²) < 4.78 is 4.64. The molecule has 0 bridgehead atoms. The zero-order chi connectivity index (χ0) is 16.0. The first-order valence-corrected chi connectivity index (χ1v) is 7.15. The standard InChI is InChI=1S/C15H21ClN2O3/c1-9(2)6-11(8-17)14(19)18-13-7-10(15(20)21-3)4-5-12(13)16/h4-5,7,9,11H,6,8,17H2,1-3H3,(H,18,19). The highest BCUT2D eigenvalue weighted by molar-refractivity contribution is 6.33. The van der Waals surface area contributed by atoms with Gasteiger partial charge in [0.25, 0.3) is 0 Å². The number of carbonyl (C=O) groups is 2. The summed E-state index contributed by atoms with van der Waals surface area (Å²) in [5.74, 6) is -0.612. The monoisotopic (exact) mass is 312 g/mol. The van der Waals surface area contributed by atoms with E-state index in [9.17, 15) is 9.59 Å². The molecule has 6 heteroatoms. The molecule has 0 saturated heterocycles. The average Bonchev–Trinajstić information content (AvgIpc) is 2.45. The molecule has 1 unspecified atom stereocenters. The minimum atomic E-state index is -0.486. The number of amides is 1. The molecule has 1 aromatic rings. The third-order valence-corrected chi connectivity index (χ3v) is 3.39. The van der Waals surface area contributed by atoms with Crippen LogP contribution < -0.4 is 11.1 Å². The van der Waals surface area contributed by atoms with Gasteiger partial charge >= 0.3 is 5.97 Å². The van der Waals surface area contributed by atoms with Crippen molar-refractivity contribution >= 4 is 29.2 Å². The van der Waals surface area contributed by atoms with Gasteiger partial charge in [0.2, 0.25) is 5.91 Å². The van der Waals surface area contributed by atoms with Gasteiger partial charge < -0.3 is 15.8 Å². The van der Waals surface area contributed by atoms with Crippen molar-refractivity contribution in [2.24, 2.45) is 17.6 Å². The van der Waals surface area contributed by atoms with Crippen molar-refractivity contribution in [3.05, 3.63) is 28.8 Å². The van der Waals surface area contributed by atoms with Crippen LogP contribution in [0.5, 0.6) is 0 Å². The third-order valence-electron chi connectivity index (χ3n) is 3.06. The van der Waals surface area contributed by atoms with Crippen molar-refractivity contribution in [1.29, 1.82) is 0 Å². The normalized spacial score (nSPS) is 12.1. The lowest BCUT2D eigenvalue weighted by Gasteiger charge is -2.17. The van der Waals surface area contributed by atoms with Gasteiger partial charge in [-0.2, -0.15) is 0 Å². The fraction of sp³-hybridized carbons (Fsp3) is 0.467. The predicted molar refractivity (Wildman–Crippen MR) is 83.4 cm³/mol. The number of nitrogens with two attached hydrogens (primary N) is 1. The molecule has 0 aliphatic heterocycles. The molecule has 21 heavy (non-hydrogen) atoms. The summed E-state index contributed by atoms with van der Waals surface area (Å²) >= 11 is 6.04. The highest BCUT2D eigenvalue weighted by atomic mass is 35.5. The summed E-state index contributed by atoms with van der Waals surface area (Å²) in [6.07, 6.45) is 0.691. The minimum absolute atomic E-state index is 0.199. The van der Waals surface area contributed by atoms with E-state index in [1.54, 1.807) is 12.1 Å². The first-order chi connectivity index (χ1) is 9.88. The van der Waals surface area contributed by atoms with Crippen molar-refractivity contribution in [2.75, 3.05) is 19.0 Å². The van der Waals surface area contributed by atoms with Gasteiger partial charge in [-0.15, -0.1) is 0 Å². The molecule has 0 fully saturated rings. The molecule has 3 N–H and O–H groups in total. The molecule has 1 atom stereocenters. The number of methoxy groups -OCH3 is 1. The second kappa shape index (κ2) is 8.00. The molecule has 0 aliphatic rings. The Morgan fingerprint density at radius 3 is 2.57 bits per heavy atom. The van der Waals surface area contributed by atoms with E-state index >= 15 is 0 Å². The Morgan fingerprint density at radius 1 is 1.38 bits per heavy atom. The second-order valence-corrected chi connectivity index (χ2v) is 5.64. The molecule has 1 amide bonds. The van der Waals surface area contributed by atoms with E-state index in [4.69, 9.17) is 17.3 Å². The summed E-state index contributed by atoms with van der Waals surface area (Å²) in [6.45, 7) is 4.32. The molecule has 1 rings (SSSR count). The molecule has 0 spiro atoms. The van der Waals surface area contributed by atoms with E-state index in [-0.39, 0.29) is 18.4 Å². The van der Waals surface area contributed by atoms with Gasteiger partial charge in [-0.25, -0.2) is 4.79 Å². The molecule has 0 aliphatic carbocycles. The van der Waals surface area contributed by atoms with Gasteiger partial charge in [0, 0.05) is 6.54 Å². The van der Waals surface area contributed by atoms with Crippen LogP contribution in [0.15, 0.2) is 18.2 Å². The highest BCUT2D eigenvalue weighted by Crippen LogP contribution is 2.24. The van der Waals surface area contributed by atoms with Crippen molar-refractivity contribution in [3.63, 3.8) is 0 Å². The van der Waals surface area contributed by atoms with Crippen LogP contribution in [0.4, 0.5) is 5.69 Å². The van der Waals surface area contributed by atoms with Crippen LogP contribution in [0.3, 0.4) is 0 Å². The molecule has 0 aromatic heterocycles.